The second kappa shape index (κ2) is 10.2. The van der Waals surface area contributed by atoms with Crippen molar-refractivity contribution in [1.82, 2.24) is 0 Å². The first-order valence-electron chi connectivity index (χ1n) is 11.8. The molecule has 3 aromatic rings. The van der Waals surface area contributed by atoms with Crippen LogP contribution in [-0.4, -0.2) is 0 Å². The third-order valence-corrected chi connectivity index (χ3v) is 6.00. The van der Waals surface area contributed by atoms with Crippen LogP contribution in [0.3, 0.4) is 0 Å². The van der Waals surface area contributed by atoms with E-state index in [0.29, 0.717) is 22.9 Å². The summed E-state index contributed by atoms with van der Waals surface area (Å²) in [5.41, 5.74) is 5.66. The van der Waals surface area contributed by atoms with E-state index in [0.717, 1.165) is 33.9 Å². The Labute approximate surface area is 216 Å². The zero-order valence-corrected chi connectivity index (χ0v) is 20.5. The number of benzene rings is 3. The highest BCUT2D eigenvalue weighted by Gasteiger charge is 2.20. The molecule has 2 aliphatic heterocycles. The number of allylic oxidation sites excluding steroid dienone is 8. The van der Waals surface area contributed by atoms with E-state index in [9.17, 15) is 10.5 Å². The lowest BCUT2D eigenvalue weighted by molar-refractivity contribution is 0.313. The van der Waals surface area contributed by atoms with Gasteiger partial charge in [-0.15, -0.1) is 0 Å². The molecule has 0 aromatic heterocycles. The van der Waals surface area contributed by atoms with Gasteiger partial charge in [-0.3, -0.25) is 0 Å². The van der Waals surface area contributed by atoms with Gasteiger partial charge in [0, 0.05) is 40.3 Å². The summed E-state index contributed by atoms with van der Waals surface area (Å²) in [5, 5.41) is 18.5. The van der Waals surface area contributed by atoms with E-state index in [4.69, 9.17) is 9.47 Å². The number of hydrogen-bond acceptors (Lipinski definition) is 5. The largest absolute Gasteiger partial charge is 0.462 e. The summed E-state index contributed by atoms with van der Waals surface area (Å²) in [4.78, 5) is 2.18. The average molecular weight is 482 g/mol. The first-order valence-corrected chi connectivity index (χ1v) is 11.8. The Morgan fingerprint density at radius 2 is 1.41 bits per heavy atom. The van der Waals surface area contributed by atoms with Crippen molar-refractivity contribution >= 4 is 22.6 Å². The number of para-hydroxylation sites is 2. The number of anilines is 3. The van der Waals surface area contributed by atoms with Crippen molar-refractivity contribution in [3.8, 4) is 17.9 Å². The summed E-state index contributed by atoms with van der Waals surface area (Å²) in [6.07, 6.45) is 7.07. The van der Waals surface area contributed by atoms with E-state index in [1.165, 1.54) is 0 Å². The van der Waals surface area contributed by atoms with Crippen molar-refractivity contribution in [2.24, 2.45) is 0 Å². The third-order valence-electron chi connectivity index (χ3n) is 6.00. The second-order valence-corrected chi connectivity index (χ2v) is 8.62. The summed E-state index contributed by atoms with van der Waals surface area (Å²) in [7, 11) is 0. The van der Waals surface area contributed by atoms with E-state index in [-0.39, 0.29) is 5.57 Å². The Morgan fingerprint density at radius 1 is 0.757 bits per heavy atom. The van der Waals surface area contributed by atoms with Crippen molar-refractivity contribution in [3.05, 3.63) is 137 Å². The predicted octanol–water partition coefficient (Wildman–Crippen LogP) is 8.00. The first kappa shape index (κ1) is 23.5. The van der Waals surface area contributed by atoms with Crippen LogP contribution in [0.2, 0.25) is 0 Å². The van der Waals surface area contributed by atoms with Gasteiger partial charge in [0.2, 0.25) is 0 Å². The minimum absolute atomic E-state index is 0.0340. The number of nitriles is 2. The van der Waals surface area contributed by atoms with Gasteiger partial charge < -0.3 is 14.4 Å². The molecule has 0 amide bonds. The van der Waals surface area contributed by atoms with E-state index >= 15 is 0 Å². The lowest BCUT2D eigenvalue weighted by atomic mass is 10.0. The normalized spacial score (nSPS) is 15.1. The van der Waals surface area contributed by atoms with Gasteiger partial charge in [0.25, 0.3) is 0 Å². The summed E-state index contributed by atoms with van der Waals surface area (Å²) < 4.78 is 12.2. The molecule has 0 unspecified atom stereocenters. The maximum absolute atomic E-state index is 9.27. The van der Waals surface area contributed by atoms with Crippen molar-refractivity contribution in [3.63, 3.8) is 0 Å². The van der Waals surface area contributed by atoms with Gasteiger partial charge in [-0.25, -0.2) is 0 Å². The quantitative estimate of drug-likeness (QED) is 0.353. The standard InChI is InChI=1S/C32H23N3O2/c1-22-15-29(19-30-17-24(16-23(2)36-30)25(20-33)21-34)37-32-18-28(13-14-31(22)32)35(26-9-5-3-6-10-26)27-11-7-4-8-12-27/h3-19H,1-2H3. The van der Waals surface area contributed by atoms with Crippen molar-refractivity contribution in [2.45, 2.75) is 13.8 Å². The molecule has 5 heteroatoms. The molecule has 0 N–H and O–H groups in total. The van der Waals surface area contributed by atoms with Crippen LogP contribution in [0.25, 0.3) is 5.57 Å². The van der Waals surface area contributed by atoms with Crippen molar-refractivity contribution in [2.75, 3.05) is 4.90 Å². The molecule has 3 aromatic carbocycles. The molecule has 0 saturated heterocycles. The van der Waals surface area contributed by atoms with Crippen LogP contribution in [0.5, 0.6) is 5.75 Å². The molecule has 0 saturated carbocycles. The van der Waals surface area contributed by atoms with Gasteiger partial charge in [0.1, 0.15) is 40.7 Å². The fourth-order valence-electron chi connectivity index (χ4n) is 4.35. The monoisotopic (exact) mass is 481 g/mol. The SMILES string of the molecule is CC1=CC(=C(C#N)C#N)C=C(C=C2C=C(C)c3ccc(N(c4ccccc4)c4ccccc4)cc3O2)O1. The fraction of sp³-hybridized carbons (Fsp3) is 0.0625. The highest BCUT2D eigenvalue weighted by molar-refractivity contribution is 5.81. The minimum Gasteiger partial charge on any atom is -0.462 e. The lowest BCUT2D eigenvalue weighted by Crippen LogP contribution is -2.11. The molecule has 0 radical (unpaired) electrons. The van der Waals surface area contributed by atoms with E-state index < -0.39 is 0 Å². The molecule has 0 atom stereocenters. The number of ether oxygens (including phenoxy) is 2. The van der Waals surface area contributed by atoms with Gasteiger partial charge in [-0.2, -0.15) is 10.5 Å². The summed E-state index contributed by atoms with van der Waals surface area (Å²) in [6.45, 7) is 3.82. The van der Waals surface area contributed by atoms with Crippen LogP contribution in [0, 0.1) is 22.7 Å². The zero-order chi connectivity index (χ0) is 25.8. The summed E-state index contributed by atoms with van der Waals surface area (Å²) in [6, 6.07) is 30.5. The topological polar surface area (TPSA) is 69.3 Å². The lowest BCUT2D eigenvalue weighted by Gasteiger charge is -2.27. The maximum Gasteiger partial charge on any atom is 0.137 e. The molecule has 178 valence electrons. The number of nitrogens with zero attached hydrogens (tertiary/aromatic N) is 3. The van der Waals surface area contributed by atoms with Gasteiger partial charge in [-0.05, 0) is 74.0 Å². The molecular weight excluding hydrogens is 458 g/mol. The van der Waals surface area contributed by atoms with Gasteiger partial charge in [-0.1, -0.05) is 36.4 Å². The molecule has 2 heterocycles. The second-order valence-electron chi connectivity index (χ2n) is 8.62. The van der Waals surface area contributed by atoms with Crippen LogP contribution in [-0.2, 0) is 4.74 Å². The average Bonchev–Trinajstić information content (AvgIpc) is 2.90. The van der Waals surface area contributed by atoms with Crippen LogP contribution in [0.15, 0.2) is 132 Å². The molecule has 0 bridgehead atoms. The number of rotatable bonds is 4. The van der Waals surface area contributed by atoms with Gasteiger partial charge in [0.05, 0.1) is 0 Å². The Morgan fingerprint density at radius 3 is 2.03 bits per heavy atom. The molecule has 2 aliphatic rings. The van der Waals surface area contributed by atoms with Crippen LogP contribution in [0.1, 0.15) is 19.4 Å². The van der Waals surface area contributed by atoms with Crippen LogP contribution >= 0.6 is 0 Å². The highest BCUT2D eigenvalue weighted by atomic mass is 16.5. The van der Waals surface area contributed by atoms with E-state index in [1.54, 1.807) is 25.2 Å². The van der Waals surface area contributed by atoms with Crippen molar-refractivity contribution < 1.29 is 9.47 Å². The molecule has 37 heavy (non-hydrogen) atoms. The number of fused-ring (bicyclic) bond motifs is 1. The molecule has 5 nitrogen and oxygen atoms in total. The molecule has 0 spiro atoms. The molecule has 5 rings (SSSR count). The Bertz CT molecular complexity index is 1540. The van der Waals surface area contributed by atoms with E-state index in [1.807, 2.05) is 67.6 Å². The zero-order valence-electron chi connectivity index (χ0n) is 20.5. The highest BCUT2D eigenvalue weighted by Crippen LogP contribution is 2.41. The van der Waals surface area contributed by atoms with E-state index in [2.05, 4.69) is 41.3 Å². The van der Waals surface area contributed by atoms with Crippen molar-refractivity contribution in [1.29, 1.82) is 10.5 Å². The molecule has 0 aliphatic carbocycles. The first-order chi connectivity index (χ1) is 18.1. The third kappa shape index (κ3) is 4.93. The minimum atomic E-state index is 0.0340. The molecular formula is C32H23N3O2. The van der Waals surface area contributed by atoms with Crippen LogP contribution in [0.4, 0.5) is 17.1 Å². The summed E-state index contributed by atoms with van der Waals surface area (Å²) in [5.74, 6) is 2.42. The summed E-state index contributed by atoms with van der Waals surface area (Å²) >= 11 is 0. The maximum atomic E-state index is 9.27. The smallest absolute Gasteiger partial charge is 0.137 e. The predicted molar refractivity (Wildman–Crippen MR) is 145 cm³/mol. The van der Waals surface area contributed by atoms with Gasteiger partial charge >= 0.3 is 0 Å². The molecule has 0 fully saturated rings. The number of hydrogen-bond donors (Lipinski definition) is 0. The Hall–Kier alpha value is -5.26. The van der Waals surface area contributed by atoms with Gasteiger partial charge in [0.15, 0.2) is 0 Å². The fourth-order valence-corrected chi connectivity index (χ4v) is 4.35. The Balaban J connectivity index is 1.53. The van der Waals surface area contributed by atoms with Crippen LogP contribution < -0.4 is 9.64 Å². The Kier molecular flexibility index (Phi) is 6.45.